The average Bonchev–Trinajstić information content (AvgIpc) is 2.84. The lowest BCUT2D eigenvalue weighted by molar-refractivity contribution is 0.760. The number of fused-ring (bicyclic) bond motifs is 1. The van der Waals surface area contributed by atoms with Gasteiger partial charge in [0, 0.05) is 30.0 Å². The van der Waals surface area contributed by atoms with Crippen LogP contribution in [0.1, 0.15) is 44.5 Å². The summed E-state index contributed by atoms with van der Waals surface area (Å²) in [5.41, 5.74) is 3.73. The van der Waals surface area contributed by atoms with E-state index >= 15 is 0 Å². The van der Waals surface area contributed by atoms with E-state index in [1.165, 1.54) is 6.21 Å². The number of anilines is 2. The molecule has 8 nitrogen and oxygen atoms in total. The van der Waals surface area contributed by atoms with E-state index in [1.54, 1.807) is 18.3 Å². The number of benzene rings is 1. The Kier molecular flexibility index (Phi) is 6.30. The summed E-state index contributed by atoms with van der Waals surface area (Å²) in [5.74, 6) is 1.03. The van der Waals surface area contributed by atoms with Gasteiger partial charge in [0.15, 0.2) is 11.6 Å². The zero-order valence-electron chi connectivity index (χ0n) is 18.4. The average molecular weight is 427 g/mol. The molecule has 0 aliphatic rings. The molecule has 162 valence electrons. The molecule has 8 heteroatoms. The van der Waals surface area contributed by atoms with Gasteiger partial charge in [0.2, 0.25) is 0 Å². The number of para-hydroxylation sites is 1. The maximum absolute atomic E-state index is 7.95. The SMILES string of the molecule is CCC(C)Nc1c(C=N)nc(-c2cccnn2)nc1N[C@H](C)c1cnc2ccccc2c1. The van der Waals surface area contributed by atoms with E-state index in [0.29, 0.717) is 28.7 Å². The van der Waals surface area contributed by atoms with Crippen LogP contribution in [-0.4, -0.2) is 37.4 Å². The summed E-state index contributed by atoms with van der Waals surface area (Å²) in [4.78, 5) is 13.9. The normalized spacial score (nSPS) is 12.8. The monoisotopic (exact) mass is 426 g/mol. The zero-order chi connectivity index (χ0) is 22.5. The van der Waals surface area contributed by atoms with Crippen molar-refractivity contribution in [3.63, 3.8) is 0 Å². The van der Waals surface area contributed by atoms with Gasteiger partial charge in [-0.15, -0.1) is 5.10 Å². The van der Waals surface area contributed by atoms with Gasteiger partial charge in [-0.3, -0.25) is 4.98 Å². The maximum atomic E-state index is 7.95. The predicted octanol–water partition coefficient (Wildman–Crippen LogP) is 4.86. The molecule has 0 fully saturated rings. The molecule has 32 heavy (non-hydrogen) atoms. The lowest BCUT2D eigenvalue weighted by atomic mass is 10.1. The second-order valence-corrected chi connectivity index (χ2v) is 7.69. The second kappa shape index (κ2) is 9.47. The van der Waals surface area contributed by atoms with E-state index < -0.39 is 0 Å². The van der Waals surface area contributed by atoms with Gasteiger partial charge < -0.3 is 16.0 Å². The van der Waals surface area contributed by atoms with Crippen molar-refractivity contribution in [3.05, 3.63) is 66.1 Å². The van der Waals surface area contributed by atoms with Gasteiger partial charge >= 0.3 is 0 Å². The van der Waals surface area contributed by atoms with Gasteiger partial charge in [-0.1, -0.05) is 25.1 Å². The van der Waals surface area contributed by atoms with E-state index in [-0.39, 0.29) is 12.1 Å². The van der Waals surface area contributed by atoms with E-state index in [4.69, 9.17) is 10.4 Å². The van der Waals surface area contributed by atoms with E-state index in [2.05, 4.69) is 63.7 Å². The molecule has 0 radical (unpaired) electrons. The van der Waals surface area contributed by atoms with Crippen molar-refractivity contribution in [1.82, 2.24) is 25.1 Å². The standard InChI is InChI=1S/C24H26N8/c1-4-15(2)28-22-21(13-25)30-23(20-10-7-11-27-32-20)31-24(22)29-16(3)18-12-17-8-5-6-9-19(17)26-14-18/h5-16,25,28H,4H2,1-3H3,(H,29,30,31)/t15?,16-/m1/s1. The van der Waals surface area contributed by atoms with Crippen LogP contribution in [0, 0.1) is 5.41 Å². The molecule has 4 aromatic rings. The highest BCUT2D eigenvalue weighted by Gasteiger charge is 2.19. The molecule has 3 heterocycles. The van der Waals surface area contributed by atoms with Crippen LogP contribution in [0.25, 0.3) is 22.4 Å². The Labute approximate surface area is 187 Å². The van der Waals surface area contributed by atoms with E-state index in [0.717, 1.165) is 22.9 Å². The van der Waals surface area contributed by atoms with Crippen LogP contribution in [0.3, 0.4) is 0 Å². The van der Waals surface area contributed by atoms with Gasteiger partial charge in [0.1, 0.15) is 17.1 Å². The number of hydrogen-bond donors (Lipinski definition) is 3. The molecule has 0 saturated heterocycles. The quantitative estimate of drug-likeness (QED) is 0.345. The fraction of sp³-hybridized carbons (Fsp3) is 0.250. The van der Waals surface area contributed by atoms with Crippen LogP contribution in [0.2, 0.25) is 0 Å². The minimum absolute atomic E-state index is 0.0761. The minimum Gasteiger partial charge on any atom is -0.378 e. The largest absolute Gasteiger partial charge is 0.378 e. The van der Waals surface area contributed by atoms with Crippen molar-refractivity contribution >= 4 is 28.6 Å². The number of pyridine rings is 1. The third-order valence-electron chi connectivity index (χ3n) is 5.34. The molecule has 2 atom stereocenters. The van der Waals surface area contributed by atoms with Crippen molar-refractivity contribution in [2.24, 2.45) is 0 Å². The molecular weight excluding hydrogens is 400 g/mol. The Morgan fingerprint density at radius 1 is 1.06 bits per heavy atom. The third-order valence-corrected chi connectivity index (χ3v) is 5.34. The fourth-order valence-electron chi connectivity index (χ4n) is 3.33. The topological polar surface area (TPSA) is 112 Å². The van der Waals surface area contributed by atoms with Gasteiger partial charge in [-0.2, -0.15) is 5.10 Å². The highest BCUT2D eigenvalue weighted by atomic mass is 15.1. The van der Waals surface area contributed by atoms with Crippen LogP contribution in [0.5, 0.6) is 0 Å². The third kappa shape index (κ3) is 4.54. The van der Waals surface area contributed by atoms with Crippen LogP contribution < -0.4 is 10.6 Å². The summed E-state index contributed by atoms with van der Waals surface area (Å²) in [7, 11) is 0. The molecule has 1 aromatic carbocycles. The number of aromatic nitrogens is 5. The van der Waals surface area contributed by atoms with Crippen molar-refractivity contribution < 1.29 is 0 Å². The Hall–Kier alpha value is -3.94. The molecule has 0 aliphatic carbocycles. The molecular formula is C24H26N8. The van der Waals surface area contributed by atoms with E-state index in [9.17, 15) is 0 Å². The molecule has 3 N–H and O–H groups in total. The van der Waals surface area contributed by atoms with Crippen molar-refractivity contribution in [2.45, 2.75) is 39.3 Å². The molecule has 0 spiro atoms. The van der Waals surface area contributed by atoms with E-state index in [1.807, 2.05) is 24.4 Å². The summed E-state index contributed by atoms with van der Waals surface area (Å²) < 4.78 is 0. The smallest absolute Gasteiger partial charge is 0.182 e. The lowest BCUT2D eigenvalue weighted by Crippen LogP contribution is -2.20. The Morgan fingerprint density at radius 2 is 1.91 bits per heavy atom. The molecule has 0 amide bonds. The van der Waals surface area contributed by atoms with Gasteiger partial charge in [0.25, 0.3) is 0 Å². The lowest BCUT2D eigenvalue weighted by Gasteiger charge is -2.22. The maximum Gasteiger partial charge on any atom is 0.182 e. The van der Waals surface area contributed by atoms with Crippen molar-refractivity contribution in [3.8, 4) is 11.5 Å². The van der Waals surface area contributed by atoms with Crippen LogP contribution >= 0.6 is 0 Å². The van der Waals surface area contributed by atoms with Crippen LogP contribution in [0.4, 0.5) is 11.5 Å². The Bertz CT molecular complexity index is 1230. The number of nitrogens with zero attached hydrogens (tertiary/aromatic N) is 5. The second-order valence-electron chi connectivity index (χ2n) is 7.69. The molecule has 3 aromatic heterocycles. The summed E-state index contributed by atoms with van der Waals surface area (Å²) in [6, 6.07) is 13.9. The highest BCUT2D eigenvalue weighted by molar-refractivity contribution is 5.89. The molecule has 0 saturated carbocycles. The summed E-state index contributed by atoms with van der Waals surface area (Å²) >= 11 is 0. The predicted molar refractivity (Wildman–Crippen MR) is 128 cm³/mol. The number of rotatable bonds is 8. The first-order valence-electron chi connectivity index (χ1n) is 10.7. The minimum atomic E-state index is -0.0761. The van der Waals surface area contributed by atoms with Crippen molar-refractivity contribution in [2.75, 3.05) is 10.6 Å². The summed E-state index contributed by atoms with van der Waals surface area (Å²) in [5, 5.41) is 24.1. The molecule has 4 rings (SSSR count). The summed E-state index contributed by atoms with van der Waals surface area (Å²) in [6.45, 7) is 6.25. The van der Waals surface area contributed by atoms with Crippen LogP contribution in [-0.2, 0) is 0 Å². The van der Waals surface area contributed by atoms with Crippen LogP contribution in [0.15, 0.2) is 54.9 Å². The molecule has 0 aliphatic heterocycles. The highest BCUT2D eigenvalue weighted by Crippen LogP contribution is 2.30. The first-order chi connectivity index (χ1) is 15.6. The van der Waals surface area contributed by atoms with Gasteiger partial charge in [0.05, 0.1) is 11.6 Å². The Balaban J connectivity index is 1.75. The first-order valence-corrected chi connectivity index (χ1v) is 10.7. The molecule has 0 bridgehead atoms. The fourth-order valence-corrected chi connectivity index (χ4v) is 3.33. The Morgan fingerprint density at radius 3 is 2.66 bits per heavy atom. The van der Waals surface area contributed by atoms with Gasteiger partial charge in [-0.25, -0.2) is 9.97 Å². The van der Waals surface area contributed by atoms with Crippen molar-refractivity contribution in [1.29, 1.82) is 5.41 Å². The number of hydrogen-bond acceptors (Lipinski definition) is 8. The first kappa shape index (κ1) is 21.3. The van der Waals surface area contributed by atoms with Gasteiger partial charge in [-0.05, 0) is 50.1 Å². The zero-order valence-corrected chi connectivity index (χ0v) is 18.4. The number of nitrogens with one attached hydrogen (secondary N) is 3. The summed E-state index contributed by atoms with van der Waals surface area (Å²) in [6.07, 6.45) is 5.64. The molecule has 1 unspecified atom stereocenters.